The third kappa shape index (κ3) is 3.52. The van der Waals surface area contributed by atoms with E-state index in [1.807, 2.05) is 13.8 Å². The highest BCUT2D eigenvalue weighted by atomic mass is 19.2. The molecule has 0 spiro atoms. The van der Waals surface area contributed by atoms with Crippen molar-refractivity contribution in [3.05, 3.63) is 34.9 Å². The highest BCUT2D eigenvalue weighted by Gasteiger charge is 2.26. The predicted octanol–water partition coefficient (Wildman–Crippen LogP) is 3.94. The average Bonchev–Trinajstić information content (AvgIpc) is 2.31. The summed E-state index contributed by atoms with van der Waals surface area (Å²) in [6.45, 7) is 9.36. The summed E-state index contributed by atoms with van der Waals surface area (Å²) >= 11 is 0. The lowest BCUT2D eigenvalue weighted by atomic mass is 9.81. The second-order valence-corrected chi connectivity index (χ2v) is 5.44. The van der Waals surface area contributed by atoms with Crippen molar-refractivity contribution < 1.29 is 8.78 Å². The van der Waals surface area contributed by atoms with Crippen molar-refractivity contribution in [2.75, 3.05) is 13.1 Å². The second kappa shape index (κ2) is 6.28. The van der Waals surface area contributed by atoms with Gasteiger partial charge in [0, 0.05) is 0 Å². The van der Waals surface area contributed by atoms with Crippen LogP contribution in [0.1, 0.15) is 44.7 Å². The molecule has 1 aromatic rings. The Morgan fingerprint density at radius 2 is 1.78 bits per heavy atom. The highest BCUT2D eigenvalue weighted by molar-refractivity contribution is 5.30. The first-order chi connectivity index (χ1) is 8.40. The Bertz CT molecular complexity index is 400. The molecule has 18 heavy (non-hydrogen) atoms. The molecule has 0 radical (unpaired) electrons. The summed E-state index contributed by atoms with van der Waals surface area (Å²) < 4.78 is 27.5. The number of halogens is 2. The van der Waals surface area contributed by atoms with Gasteiger partial charge >= 0.3 is 0 Å². The quantitative estimate of drug-likeness (QED) is 0.759. The molecule has 0 saturated carbocycles. The highest BCUT2D eigenvalue weighted by Crippen LogP contribution is 2.30. The molecule has 3 heteroatoms. The lowest BCUT2D eigenvalue weighted by Gasteiger charge is -2.26. The zero-order valence-corrected chi connectivity index (χ0v) is 11.7. The molecule has 0 aliphatic carbocycles. The van der Waals surface area contributed by atoms with Gasteiger partial charge in [0.15, 0.2) is 11.6 Å². The van der Waals surface area contributed by atoms with Gasteiger partial charge in [0.1, 0.15) is 0 Å². The first-order valence-corrected chi connectivity index (χ1v) is 6.56. The van der Waals surface area contributed by atoms with Crippen LogP contribution in [-0.2, 0) is 5.41 Å². The van der Waals surface area contributed by atoms with E-state index in [-0.39, 0.29) is 5.41 Å². The summed E-state index contributed by atoms with van der Waals surface area (Å²) in [5.74, 6) is -1.42. The van der Waals surface area contributed by atoms with Crippen molar-refractivity contribution in [3.63, 3.8) is 0 Å². The molecule has 1 aromatic carbocycles. The molecular formula is C15H23F2N. The molecule has 0 unspecified atom stereocenters. The molecule has 0 aromatic heterocycles. The molecule has 0 fully saturated rings. The maximum absolute atomic E-state index is 13.9. The van der Waals surface area contributed by atoms with Crippen molar-refractivity contribution in [1.82, 2.24) is 5.32 Å². The molecule has 1 rings (SSSR count). The molecule has 0 bridgehead atoms. The van der Waals surface area contributed by atoms with Crippen LogP contribution < -0.4 is 5.32 Å². The fraction of sp³-hybridized carbons (Fsp3) is 0.600. The van der Waals surface area contributed by atoms with Crippen LogP contribution in [0.15, 0.2) is 12.1 Å². The molecule has 0 aliphatic heterocycles. The molecular weight excluding hydrogens is 232 g/mol. The van der Waals surface area contributed by atoms with E-state index < -0.39 is 11.6 Å². The lowest BCUT2D eigenvalue weighted by molar-refractivity contribution is 0.414. The van der Waals surface area contributed by atoms with E-state index in [1.165, 1.54) is 0 Å². The van der Waals surface area contributed by atoms with Crippen molar-refractivity contribution in [2.24, 2.45) is 0 Å². The van der Waals surface area contributed by atoms with E-state index in [0.29, 0.717) is 11.1 Å². The fourth-order valence-corrected chi connectivity index (χ4v) is 2.01. The molecule has 0 heterocycles. The van der Waals surface area contributed by atoms with Gasteiger partial charge in [0.25, 0.3) is 0 Å². The van der Waals surface area contributed by atoms with Gasteiger partial charge < -0.3 is 5.32 Å². The number of hydrogen-bond acceptors (Lipinski definition) is 1. The van der Waals surface area contributed by atoms with Crippen molar-refractivity contribution in [3.8, 4) is 0 Å². The third-order valence-corrected chi connectivity index (χ3v) is 3.36. The van der Waals surface area contributed by atoms with Crippen LogP contribution in [0.5, 0.6) is 0 Å². The maximum atomic E-state index is 13.9. The Morgan fingerprint density at radius 3 is 2.39 bits per heavy atom. The normalized spacial score (nSPS) is 11.9. The summed E-state index contributed by atoms with van der Waals surface area (Å²) in [7, 11) is 0. The Hall–Kier alpha value is -0.960. The van der Waals surface area contributed by atoms with Crippen LogP contribution in [-0.4, -0.2) is 13.1 Å². The first kappa shape index (κ1) is 15.1. The zero-order valence-electron chi connectivity index (χ0n) is 11.7. The van der Waals surface area contributed by atoms with Crippen LogP contribution in [0.4, 0.5) is 8.78 Å². The minimum Gasteiger partial charge on any atom is -0.317 e. The number of benzene rings is 1. The molecule has 0 amide bonds. The Kier molecular flexibility index (Phi) is 5.27. The summed E-state index contributed by atoms with van der Waals surface area (Å²) in [5, 5.41) is 3.29. The standard InChI is InChI=1S/C15H23F2N/c1-5-9-18-10-8-15(3,4)12-7-6-11(2)13(16)14(12)17/h6-7,18H,5,8-10H2,1-4H3. The summed E-state index contributed by atoms with van der Waals surface area (Å²) in [4.78, 5) is 0. The first-order valence-electron chi connectivity index (χ1n) is 6.56. The molecule has 0 atom stereocenters. The van der Waals surface area contributed by atoms with Gasteiger partial charge in [-0.05, 0) is 49.4 Å². The van der Waals surface area contributed by atoms with E-state index in [9.17, 15) is 8.78 Å². The maximum Gasteiger partial charge on any atom is 0.162 e. The predicted molar refractivity (Wildman–Crippen MR) is 71.9 cm³/mol. The summed E-state index contributed by atoms with van der Waals surface area (Å²) in [6, 6.07) is 3.35. The van der Waals surface area contributed by atoms with Crippen LogP contribution in [0.3, 0.4) is 0 Å². The van der Waals surface area contributed by atoms with Gasteiger partial charge in [-0.25, -0.2) is 8.78 Å². The number of aryl methyl sites for hydroxylation is 1. The summed E-state index contributed by atoms with van der Waals surface area (Å²) in [6.07, 6.45) is 1.86. The fourth-order valence-electron chi connectivity index (χ4n) is 2.01. The van der Waals surface area contributed by atoms with E-state index in [2.05, 4.69) is 12.2 Å². The third-order valence-electron chi connectivity index (χ3n) is 3.36. The van der Waals surface area contributed by atoms with Gasteiger partial charge in [-0.3, -0.25) is 0 Å². The SMILES string of the molecule is CCCNCCC(C)(C)c1ccc(C)c(F)c1F. The lowest BCUT2D eigenvalue weighted by Crippen LogP contribution is -2.27. The second-order valence-electron chi connectivity index (χ2n) is 5.44. The molecule has 1 nitrogen and oxygen atoms in total. The van der Waals surface area contributed by atoms with Crippen LogP contribution in [0.25, 0.3) is 0 Å². The molecule has 0 aliphatic rings. The average molecular weight is 255 g/mol. The van der Waals surface area contributed by atoms with Gasteiger partial charge in [0.2, 0.25) is 0 Å². The molecule has 102 valence electrons. The topological polar surface area (TPSA) is 12.0 Å². The summed E-state index contributed by atoms with van der Waals surface area (Å²) in [5.41, 5.74) is 0.458. The van der Waals surface area contributed by atoms with Crippen LogP contribution >= 0.6 is 0 Å². The minimum atomic E-state index is -0.720. The number of rotatable bonds is 6. The Balaban J connectivity index is 2.81. The largest absolute Gasteiger partial charge is 0.317 e. The Morgan fingerprint density at radius 1 is 1.11 bits per heavy atom. The Labute approximate surface area is 109 Å². The van der Waals surface area contributed by atoms with Gasteiger partial charge in [-0.1, -0.05) is 32.9 Å². The van der Waals surface area contributed by atoms with Gasteiger partial charge in [0.05, 0.1) is 0 Å². The minimum absolute atomic E-state index is 0.358. The van der Waals surface area contributed by atoms with Gasteiger partial charge in [-0.15, -0.1) is 0 Å². The van der Waals surface area contributed by atoms with E-state index in [1.54, 1.807) is 19.1 Å². The van der Waals surface area contributed by atoms with Crippen molar-refractivity contribution in [1.29, 1.82) is 0 Å². The van der Waals surface area contributed by atoms with Crippen LogP contribution in [0, 0.1) is 18.6 Å². The van der Waals surface area contributed by atoms with E-state index in [0.717, 1.165) is 25.9 Å². The number of hydrogen-bond donors (Lipinski definition) is 1. The zero-order chi connectivity index (χ0) is 13.8. The van der Waals surface area contributed by atoms with E-state index in [4.69, 9.17) is 0 Å². The van der Waals surface area contributed by atoms with Crippen LogP contribution in [0.2, 0.25) is 0 Å². The van der Waals surface area contributed by atoms with Crippen molar-refractivity contribution >= 4 is 0 Å². The molecule has 1 N–H and O–H groups in total. The van der Waals surface area contributed by atoms with Gasteiger partial charge in [-0.2, -0.15) is 0 Å². The van der Waals surface area contributed by atoms with E-state index >= 15 is 0 Å². The number of nitrogens with one attached hydrogen (secondary N) is 1. The van der Waals surface area contributed by atoms with Crippen molar-refractivity contribution in [2.45, 2.75) is 46.0 Å². The monoisotopic (exact) mass is 255 g/mol. The molecule has 0 saturated heterocycles. The smallest absolute Gasteiger partial charge is 0.162 e.